The van der Waals surface area contributed by atoms with Gasteiger partial charge < -0.3 is 16.0 Å². The number of nitrogens with one attached hydrogen (secondary N) is 3. The molecule has 5 nitrogen and oxygen atoms in total. The highest BCUT2D eigenvalue weighted by atomic mass is 16.2. The largest absolute Gasteiger partial charge is 0.354 e. The fourth-order valence-electron chi connectivity index (χ4n) is 2.94. The SMILES string of the molecule is O=C(NCCc1cccc2ccccc12)N[C@H]1CCCNC1=O. The summed E-state index contributed by atoms with van der Waals surface area (Å²) in [5.74, 6) is -0.0968. The summed E-state index contributed by atoms with van der Waals surface area (Å²) in [6.07, 6.45) is 2.35. The van der Waals surface area contributed by atoms with Gasteiger partial charge in [0.05, 0.1) is 0 Å². The molecular formula is C18H21N3O2. The Kier molecular flexibility index (Phi) is 4.76. The average Bonchev–Trinajstić information content (AvgIpc) is 2.57. The predicted molar refractivity (Wildman–Crippen MR) is 90.2 cm³/mol. The predicted octanol–water partition coefficient (Wildman–Crippen LogP) is 1.96. The molecule has 1 fully saturated rings. The Morgan fingerprint density at radius 3 is 2.87 bits per heavy atom. The number of fused-ring (bicyclic) bond motifs is 1. The zero-order valence-corrected chi connectivity index (χ0v) is 13.0. The van der Waals surface area contributed by atoms with Crippen molar-refractivity contribution in [2.24, 2.45) is 0 Å². The van der Waals surface area contributed by atoms with Crippen LogP contribution < -0.4 is 16.0 Å². The Bertz CT molecular complexity index is 709. The third kappa shape index (κ3) is 3.80. The van der Waals surface area contributed by atoms with Crippen molar-refractivity contribution >= 4 is 22.7 Å². The van der Waals surface area contributed by atoms with Crippen molar-refractivity contribution in [2.75, 3.05) is 13.1 Å². The maximum atomic E-state index is 11.9. The van der Waals surface area contributed by atoms with Gasteiger partial charge in [0, 0.05) is 13.1 Å². The van der Waals surface area contributed by atoms with Crippen LogP contribution in [0.1, 0.15) is 18.4 Å². The summed E-state index contributed by atoms with van der Waals surface area (Å²) in [7, 11) is 0. The lowest BCUT2D eigenvalue weighted by molar-refractivity contribution is -0.124. The summed E-state index contributed by atoms with van der Waals surface area (Å²) in [6, 6.07) is 13.7. The summed E-state index contributed by atoms with van der Waals surface area (Å²) in [5.41, 5.74) is 1.21. The highest BCUT2D eigenvalue weighted by Gasteiger charge is 2.23. The second-order valence-corrected chi connectivity index (χ2v) is 5.77. The molecule has 0 spiro atoms. The van der Waals surface area contributed by atoms with Gasteiger partial charge in [-0.3, -0.25) is 4.79 Å². The molecule has 3 amide bonds. The van der Waals surface area contributed by atoms with Crippen molar-refractivity contribution in [3.8, 4) is 0 Å². The molecule has 0 saturated carbocycles. The molecule has 2 aromatic rings. The van der Waals surface area contributed by atoms with E-state index in [-0.39, 0.29) is 11.9 Å². The number of hydrogen-bond acceptors (Lipinski definition) is 2. The summed E-state index contributed by atoms with van der Waals surface area (Å²) in [6.45, 7) is 1.23. The van der Waals surface area contributed by atoms with E-state index in [0.29, 0.717) is 19.5 Å². The first-order valence-electron chi connectivity index (χ1n) is 8.03. The Hall–Kier alpha value is -2.56. The van der Waals surface area contributed by atoms with Crippen molar-refractivity contribution in [1.29, 1.82) is 0 Å². The fraction of sp³-hybridized carbons (Fsp3) is 0.333. The number of amides is 3. The lowest BCUT2D eigenvalue weighted by atomic mass is 10.0. The Morgan fingerprint density at radius 2 is 2.00 bits per heavy atom. The number of piperidine rings is 1. The number of carbonyl (C=O) groups is 2. The van der Waals surface area contributed by atoms with E-state index in [1.54, 1.807) is 0 Å². The molecule has 0 radical (unpaired) electrons. The average molecular weight is 311 g/mol. The first kappa shape index (κ1) is 15.3. The van der Waals surface area contributed by atoms with E-state index in [1.807, 2.05) is 18.2 Å². The molecular weight excluding hydrogens is 290 g/mol. The van der Waals surface area contributed by atoms with E-state index in [2.05, 4.69) is 40.2 Å². The van der Waals surface area contributed by atoms with Gasteiger partial charge in [0.2, 0.25) is 5.91 Å². The van der Waals surface area contributed by atoms with Gasteiger partial charge in [0.15, 0.2) is 0 Å². The third-order valence-electron chi connectivity index (χ3n) is 4.15. The number of hydrogen-bond donors (Lipinski definition) is 3. The zero-order chi connectivity index (χ0) is 16.1. The second-order valence-electron chi connectivity index (χ2n) is 5.77. The fourth-order valence-corrected chi connectivity index (χ4v) is 2.94. The van der Waals surface area contributed by atoms with E-state index in [1.165, 1.54) is 16.3 Å². The van der Waals surface area contributed by atoms with Gasteiger partial charge in [-0.2, -0.15) is 0 Å². The molecule has 1 aliphatic heterocycles. The van der Waals surface area contributed by atoms with Crippen molar-refractivity contribution in [1.82, 2.24) is 16.0 Å². The first-order chi connectivity index (χ1) is 11.2. The molecule has 5 heteroatoms. The molecule has 0 aromatic heterocycles. The van der Waals surface area contributed by atoms with Crippen LogP contribution in [0.25, 0.3) is 10.8 Å². The van der Waals surface area contributed by atoms with Crippen LogP contribution in [0.2, 0.25) is 0 Å². The number of rotatable bonds is 4. The van der Waals surface area contributed by atoms with Gasteiger partial charge in [-0.05, 0) is 35.6 Å². The zero-order valence-electron chi connectivity index (χ0n) is 13.0. The second kappa shape index (κ2) is 7.13. The smallest absolute Gasteiger partial charge is 0.315 e. The van der Waals surface area contributed by atoms with Crippen LogP contribution in [0.3, 0.4) is 0 Å². The summed E-state index contributed by atoms with van der Waals surface area (Å²) in [5, 5.41) is 10.7. The molecule has 1 atom stereocenters. The monoisotopic (exact) mass is 311 g/mol. The Balaban J connectivity index is 1.52. The van der Waals surface area contributed by atoms with Crippen LogP contribution >= 0.6 is 0 Å². The molecule has 0 aliphatic carbocycles. The number of urea groups is 1. The summed E-state index contributed by atoms with van der Waals surface area (Å²) in [4.78, 5) is 23.5. The van der Waals surface area contributed by atoms with Gasteiger partial charge in [-0.25, -0.2) is 4.79 Å². The highest BCUT2D eigenvalue weighted by molar-refractivity contribution is 5.87. The Morgan fingerprint density at radius 1 is 1.17 bits per heavy atom. The minimum absolute atomic E-state index is 0.0968. The van der Waals surface area contributed by atoms with Crippen molar-refractivity contribution < 1.29 is 9.59 Å². The third-order valence-corrected chi connectivity index (χ3v) is 4.15. The molecule has 1 saturated heterocycles. The van der Waals surface area contributed by atoms with Gasteiger partial charge in [0.1, 0.15) is 6.04 Å². The lowest BCUT2D eigenvalue weighted by Gasteiger charge is -2.22. The van der Waals surface area contributed by atoms with Gasteiger partial charge in [-0.1, -0.05) is 42.5 Å². The molecule has 1 heterocycles. The molecule has 2 aromatic carbocycles. The molecule has 1 aliphatic rings. The maximum Gasteiger partial charge on any atom is 0.315 e. The van der Waals surface area contributed by atoms with Crippen molar-refractivity contribution in [3.63, 3.8) is 0 Å². The van der Waals surface area contributed by atoms with Gasteiger partial charge in [0.25, 0.3) is 0 Å². The first-order valence-corrected chi connectivity index (χ1v) is 8.03. The number of carbonyl (C=O) groups excluding carboxylic acids is 2. The van der Waals surface area contributed by atoms with Crippen LogP contribution in [0.4, 0.5) is 4.79 Å². The number of benzene rings is 2. The molecule has 0 unspecified atom stereocenters. The van der Waals surface area contributed by atoms with Crippen LogP contribution in [0.15, 0.2) is 42.5 Å². The van der Waals surface area contributed by atoms with Crippen LogP contribution in [0, 0.1) is 0 Å². The molecule has 3 rings (SSSR count). The normalized spacial score (nSPS) is 17.6. The lowest BCUT2D eigenvalue weighted by Crippen LogP contribution is -2.52. The molecule has 120 valence electrons. The Labute approximate surface area is 135 Å². The summed E-state index contributed by atoms with van der Waals surface area (Å²) >= 11 is 0. The highest BCUT2D eigenvalue weighted by Crippen LogP contribution is 2.18. The van der Waals surface area contributed by atoms with E-state index in [0.717, 1.165) is 12.8 Å². The van der Waals surface area contributed by atoms with Crippen LogP contribution in [-0.2, 0) is 11.2 Å². The van der Waals surface area contributed by atoms with Crippen molar-refractivity contribution in [3.05, 3.63) is 48.0 Å². The minimum atomic E-state index is -0.415. The standard InChI is InChI=1S/C18H21N3O2/c22-17-16(9-4-11-19-17)21-18(23)20-12-10-14-7-3-6-13-5-1-2-8-15(13)14/h1-3,5-8,16H,4,9-12H2,(H,19,22)(H2,20,21,23)/t16-/m0/s1. The van der Waals surface area contributed by atoms with Gasteiger partial charge >= 0.3 is 6.03 Å². The quantitative estimate of drug-likeness (QED) is 0.808. The topological polar surface area (TPSA) is 70.2 Å². The van der Waals surface area contributed by atoms with E-state index in [9.17, 15) is 9.59 Å². The van der Waals surface area contributed by atoms with E-state index >= 15 is 0 Å². The summed E-state index contributed by atoms with van der Waals surface area (Å²) < 4.78 is 0. The van der Waals surface area contributed by atoms with Crippen LogP contribution in [0.5, 0.6) is 0 Å². The molecule has 0 bridgehead atoms. The molecule has 23 heavy (non-hydrogen) atoms. The minimum Gasteiger partial charge on any atom is -0.354 e. The van der Waals surface area contributed by atoms with Crippen molar-refractivity contribution in [2.45, 2.75) is 25.3 Å². The van der Waals surface area contributed by atoms with E-state index in [4.69, 9.17) is 0 Å². The molecule has 3 N–H and O–H groups in total. The maximum absolute atomic E-state index is 11.9. The van der Waals surface area contributed by atoms with E-state index < -0.39 is 6.04 Å². The van der Waals surface area contributed by atoms with Gasteiger partial charge in [-0.15, -0.1) is 0 Å². The van der Waals surface area contributed by atoms with Crippen LogP contribution in [-0.4, -0.2) is 31.1 Å².